The second-order valence-corrected chi connectivity index (χ2v) is 7.57. The Labute approximate surface area is 137 Å². The van der Waals surface area contributed by atoms with Gasteiger partial charge in [-0.05, 0) is 48.4 Å². The summed E-state index contributed by atoms with van der Waals surface area (Å²) in [5.74, 6) is 1.31. The summed E-state index contributed by atoms with van der Waals surface area (Å²) >= 11 is 3.33. The minimum absolute atomic E-state index is 0.189. The molecule has 1 aliphatic rings. The first-order chi connectivity index (χ1) is 10.5. The molecule has 2 aromatic rings. The van der Waals surface area contributed by atoms with Crippen LogP contribution >= 0.6 is 15.9 Å². The van der Waals surface area contributed by atoms with Crippen LogP contribution < -0.4 is 14.2 Å². The molecule has 1 N–H and O–H groups in total. The highest BCUT2D eigenvalue weighted by Crippen LogP contribution is 2.32. The summed E-state index contributed by atoms with van der Waals surface area (Å²) in [6, 6.07) is 10.4. The highest BCUT2D eigenvalue weighted by atomic mass is 79.9. The summed E-state index contributed by atoms with van der Waals surface area (Å²) in [7, 11) is -3.56. The topological polar surface area (TPSA) is 64.6 Å². The molecule has 5 nitrogen and oxygen atoms in total. The van der Waals surface area contributed by atoms with E-state index in [0.717, 1.165) is 10.0 Å². The van der Waals surface area contributed by atoms with Crippen molar-refractivity contribution in [2.24, 2.45) is 0 Å². The fourth-order valence-corrected chi connectivity index (χ4v) is 3.94. The predicted molar refractivity (Wildman–Crippen MR) is 85.5 cm³/mol. The molecule has 22 heavy (non-hydrogen) atoms. The van der Waals surface area contributed by atoms with Crippen molar-refractivity contribution >= 4 is 26.0 Å². The summed E-state index contributed by atoms with van der Waals surface area (Å²) in [5.41, 5.74) is 1.50. The molecule has 0 spiro atoms. The first-order valence-electron chi connectivity index (χ1n) is 6.60. The third-order valence-electron chi connectivity index (χ3n) is 3.33. The standard InChI is InChI=1S/C15H14BrNO4S/c1-10-6-12(16)3-5-15(10)22(18,19)17-8-11-2-4-13-14(7-11)21-9-20-13/h2-7,17H,8-9H2,1H3. The molecule has 0 radical (unpaired) electrons. The van der Waals surface area contributed by atoms with E-state index in [1.807, 2.05) is 6.07 Å². The number of aryl methyl sites for hydroxylation is 1. The van der Waals surface area contributed by atoms with Gasteiger partial charge in [-0.25, -0.2) is 13.1 Å². The first kappa shape index (κ1) is 15.3. The smallest absolute Gasteiger partial charge is 0.241 e. The number of benzene rings is 2. The van der Waals surface area contributed by atoms with E-state index in [1.165, 1.54) is 0 Å². The largest absolute Gasteiger partial charge is 0.454 e. The Hall–Kier alpha value is -1.57. The van der Waals surface area contributed by atoms with Gasteiger partial charge < -0.3 is 9.47 Å². The van der Waals surface area contributed by atoms with Crippen LogP contribution in [0.4, 0.5) is 0 Å². The second kappa shape index (κ2) is 5.91. The molecule has 0 aliphatic carbocycles. The maximum absolute atomic E-state index is 12.4. The van der Waals surface area contributed by atoms with Crippen LogP contribution in [0.5, 0.6) is 11.5 Å². The van der Waals surface area contributed by atoms with Gasteiger partial charge in [-0.3, -0.25) is 0 Å². The Balaban J connectivity index is 1.77. The second-order valence-electron chi connectivity index (χ2n) is 4.92. The van der Waals surface area contributed by atoms with E-state index in [1.54, 1.807) is 37.3 Å². The van der Waals surface area contributed by atoms with Crippen molar-refractivity contribution in [2.45, 2.75) is 18.4 Å². The van der Waals surface area contributed by atoms with E-state index in [4.69, 9.17) is 9.47 Å². The van der Waals surface area contributed by atoms with Crippen molar-refractivity contribution in [3.8, 4) is 11.5 Å². The van der Waals surface area contributed by atoms with E-state index in [-0.39, 0.29) is 18.2 Å². The quantitative estimate of drug-likeness (QED) is 0.881. The number of fused-ring (bicyclic) bond motifs is 1. The van der Waals surface area contributed by atoms with Crippen LogP contribution in [0.15, 0.2) is 45.8 Å². The zero-order valence-electron chi connectivity index (χ0n) is 11.8. The number of hydrogen-bond acceptors (Lipinski definition) is 4. The number of sulfonamides is 1. The van der Waals surface area contributed by atoms with Gasteiger partial charge in [0.1, 0.15) is 0 Å². The minimum Gasteiger partial charge on any atom is -0.454 e. The first-order valence-corrected chi connectivity index (χ1v) is 8.88. The van der Waals surface area contributed by atoms with Crippen molar-refractivity contribution in [1.82, 2.24) is 4.72 Å². The molecule has 0 amide bonds. The van der Waals surface area contributed by atoms with Crippen LogP contribution in [0.25, 0.3) is 0 Å². The van der Waals surface area contributed by atoms with Gasteiger partial charge in [0.25, 0.3) is 0 Å². The zero-order chi connectivity index (χ0) is 15.7. The van der Waals surface area contributed by atoms with E-state index < -0.39 is 10.0 Å². The van der Waals surface area contributed by atoms with E-state index in [9.17, 15) is 8.42 Å². The van der Waals surface area contributed by atoms with Gasteiger partial charge >= 0.3 is 0 Å². The van der Waals surface area contributed by atoms with Crippen molar-refractivity contribution in [3.63, 3.8) is 0 Å². The van der Waals surface area contributed by atoms with Gasteiger partial charge in [-0.1, -0.05) is 22.0 Å². The van der Waals surface area contributed by atoms with Crippen LogP contribution in [0.3, 0.4) is 0 Å². The third-order valence-corrected chi connectivity index (χ3v) is 5.38. The van der Waals surface area contributed by atoms with Crippen molar-refractivity contribution in [3.05, 3.63) is 52.0 Å². The normalized spacial score (nSPS) is 13.4. The van der Waals surface area contributed by atoms with Crippen LogP contribution in [0, 0.1) is 6.92 Å². The average Bonchev–Trinajstić information content (AvgIpc) is 2.92. The van der Waals surface area contributed by atoms with Crippen LogP contribution in [0.1, 0.15) is 11.1 Å². The maximum atomic E-state index is 12.4. The maximum Gasteiger partial charge on any atom is 0.241 e. The zero-order valence-corrected chi connectivity index (χ0v) is 14.2. The lowest BCUT2D eigenvalue weighted by molar-refractivity contribution is 0.174. The number of nitrogens with one attached hydrogen (secondary N) is 1. The summed E-state index contributed by atoms with van der Waals surface area (Å²) in [4.78, 5) is 0.274. The molecular weight excluding hydrogens is 370 g/mol. The summed E-state index contributed by atoms with van der Waals surface area (Å²) < 4.78 is 38.7. The Morgan fingerprint density at radius 2 is 1.91 bits per heavy atom. The lowest BCUT2D eigenvalue weighted by Crippen LogP contribution is -2.24. The number of halogens is 1. The lowest BCUT2D eigenvalue weighted by Gasteiger charge is -2.10. The number of rotatable bonds is 4. The fraction of sp³-hybridized carbons (Fsp3) is 0.200. The monoisotopic (exact) mass is 383 g/mol. The molecule has 0 atom stereocenters. The van der Waals surface area contributed by atoms with Crippen LogP contribution in [-0.4, -0.2) is 15.2 Å². The van der Waals surface area contributed by atoms with Crippen molar-refractivity contribution < 1.29 is 17.9 Å². The van der Waals surface area contributed by atoms with Gasteiger partial charge in [0.2, 0.25) is 16.8 Å². The molecule has 116 valence electrons. The minimum atomic E-state index is -3.56. The fourth-order valence-electron chi connectivity index (χ4n) is 2.22. The Kier molecular flexibility index (Phi) is 4.12. The molecule has 1 aliphatic heterocycles. The Morgan fingerprint density at radius 3 is 2.68 bits per heavy atom. The van der Waals surface area contributed by atoms with Crippen molar-refractivity contribution in [2.75, 3.05) is 6.79 Å². The van der Waals surface area contributed by atoms with Crippen LogP contribution in [-0.2, 0) is 16.6 Å². The molecular formula is C15H14BrNO4S. The van der Waals surface area contributed by atoms with Gasteiger partial charge in [0.15, 0.2) is 11.5 Å². The molecule has 2 aromatic carbocycles. The average molecular weight is 384 g/mol. The van der Waals surface area contributed by atoms with Gasteiger partial charge in [0.05, 0.1) is 4.90 Å². The Morgan fingerprint density at radius 1 is 1.14 bits per heavy atom. The van der Waals surface area contributed by atoms with Crippen molar-refractivity contribution in [1.29, 1.82) is 0 Å². The van der Waals surface area contributed by atoms with E-state index in [2.05, 4.69) is 20.7 Å². The Bertz CT molecular complexity index is 820. The highest BCUT2D eigenvalue weighted by Gasteiger charge is 2.18. The predicted octanol–water partition coefficient (Wildman–Crippen LogP) is 2.96. The molecule has 0 bridgehead atoms. The molecule has 1 heterocycles. The molecule has 0 aromatic heterocycles. The van der Waals surface area contributed by atoms with Gasteiger partial charge in [-0.15, -0.1) is 0 Å². The van der Waals surface area contributed by atoms with Gasteiger partial charge in [-0.2, -0.15) is 0 Å². The summed E-state index contributed by atoms with van der Waals surface area (Å²) in [6.07, 6.45) is 0. The molecule has 0 saturated heterocycles. The SMILES string of the molecule is Cc1cc(Br)ccc1S(=O)(=O)NCc1ccc2c(c1)OCO2. The molecule has 0 saturated carbocycles. The number of ether oxygens (including phenoxy) is 2. The van der Waals surface area contributed by atoms with Crippen LogP contribution in [0.2, 0.25) is 0 Å². The third kappa shape index (κ3) is 3.11. The summed E-state index contributed by atoms with van der Waals surface area (Å²) in [6.45, 7) is 2.15. The van der Waals surface area contributed by atoms with E-state index >= 15 is 0 Å². The molecule has 0 fully saturated rings. The van der Waals surface area contributed by atoms with Gasteiger partial charge in [0, 0.05) is 11.0 Å². The highest BCUT2D eigenvalue weighted by molar-refractivity contribution is 9.10. The van der Waals surface area contributed by atoms with E-state index in [0.29, 0.717) is 17.1 Å². The molecule has 3 rings (SSSR count). The summed E-state index contributed by atoms with van der Waals surface area (Å²) in [5, 5.41) is 0. The lowest BCUT2D eigenvalue weighted by atomic mass is 10.2. The molecule has 7 heteroatoms. The number of hydrogen-bond donors (Lipinski definition) is 1. The molecule has 0 unspecified atom stereocenters.